The number of amidine groups is 1. The van der Waals surface area contributed by atoms with E-state index in [1.165, 1.54) is 0 Å². The number of nitrogens with zero attached hydrogens (tertiary/aromatic N) is 3. The molecule has 0 saturated carbocycles. The van der Waals surface area contributed by atoms with Gasteiger partial charge in [0, 0.05) is 5.56 Å². The molecule has 0 aliphatic rings. The number of hydrogen-bond acceptors (Lipinski definition) is 4. The van der Waals surface area contributed by atoms with Crippen LogP contribution in [0.15, 0.2) is 47.8 Å². The van der Waals surface area contributed by atoms with E-state index >= 15 is 0 Å². The summed E-state index contributed by atoms with van der Waals surface area (Å²) < 4.78 is 25.3. The minimum atomic E-state index is -2.94. The molecule has 0 amide bonds. The topological polar surface area (TPSA) is 82.5 Å². The Morgan fingerprint density at radius 3 is 2.65 bits per heavy atom. The van der Waals surface area contributed by atoms with Gasteiger partial charge in [-0.15, -0.1) is 0 Å². The molecule has 2 aromatic rings. The zero-order valence-corrected chi connectivity index (χ0v) is 10.1. The second kappa shape index (κ2) is 5.91. The Hall–Kier alpha value is -2.77. The summed E-state index contributed by atoms with van der Waals surface area (Å²) in [5.74, 6) is -1.11. The maximum Gasteiger partial charge on any atom is 0.383 e. The minimum absolute atomic E-state index is 0.0398. The maximum atomic E-state index is 12.5. The lowest BCUT2D eigenvalue weighted by atomic mass is 10.2. The van der Waals surface area contributed by atoms with Gasteiger partial charge in [0.15, 0.2) is 11.5 Å². The predicted octanol–water partition coefficient (Wildman–Crippen LogP) is 1.76. The molecule has 0 aliphatic carbocycles. The van der Waals surface area contributed by atoms with Gasteiger partial charge in [-0.3, -0.25) is 0 Å². The van der Waals surface area contributed by atoms with Gasteiger partial charge >= 0.3 is 12.5 Å². The summed E-state index contributed by atoms with van der Waals surface area (Å²) in [4.78, 5) is 16.1. The fourth-order valence-corrected chi connectivity index (χ4v) is 1.43. The summed E-state index contributed by atoms with van der Waals surface area (Å²) in [5.41, 5.74) is 5.73. The van der Waals surface area contributed by atoms with Crippen LogP contribution in [0.2, 0.25) is 0 Å². The van der Waals surface area contributed by atoms with Gasteiger partial charge in [0.1, 0.15) is 0 Å². The number of oxime groups is 1. The quantitative estimate of drug-likeness (QED) is 0.400. The summed E-state index contributed by atoms with van der Waals surface area (Å²) in [7, 11) is 0. The lowest BCUT2D eigenvalue weighted by Crippen LogP contribution is -2.17. The number of nitrogens with two attached hydrogens (primary N) is 1. The molecule has 0 radical (unpaired) electrons. The number of carbonyl (C=O) groups is 1. The van der Waals surface area contributed by atoms with Crippen molar-refractivity contribution in [1.29, 1.82) is 0 Å². The number of rotatable bonds is 4. The number of hydrogen-bond donors (Lipinski definition) is 1. The molecule has 0 aliphatic heterocycles. The number of halogens is 2. The Kier molecular flexibility index (Phi) is 4.04. The molecule has 6 nitrogen and oxygen atoms in total. The normalized spacial score (nSPS) is 11.7. The average Bonchev–Trinajstić information content (AvgIpc) is 2.95. The van der Waals surface area contributed by atoms with Gasteiger partial charge in [0.25, 0.3) is 0 Å². The van der Waals surface area contributed by atoms with Crippen LogP contribution in [0.25, 0.3) is 0 Å². The van der Waals surface area contributed by atoms with E-state index in [0.29, 0.717) is 5.56 Å². The Balaban J connectivity index is 2.11. The average molecular weight is 280 g/mol. The number of benzene rings is 1. The minimum Gasteiger partial charge on any atom is -0.380 e. The first-order valence-corrected chi connectivity index (χ1v) is 5.51. The maximum absolute atomic E-state index is 12.5. The molecule has 1 aromatic carbocycles. The molecule has 0 unspecified atom stereocenters. The van der Waals surface area contributed by atoms with Crippen molar-refractivity contribution in [2.75, 3.05) is 0 Å². The van der Waals surface area contributed by atoms with E-state index in [4.69, 9.17) is 5.73 Å². The van der Waals surface area contributed by atoms with Crippen LogP contribution in [0, 0.1) is 0 Å². The fraction of sp³-hybridized carbons (Fsp3) is 0.0833. The van der Waals surface area contributed by atoms with E-state index in [-0.39, 0.29) is 10.5 Å². The Morgan fingerprint density at radius 1 is 1.30 bits per heavy atom. The third kappa shape index (κ3) is 2.97. The van der Waals surface area contributed by atoms with Crippen LogP contribution >= 0.6 is 0 Å². The third-order valence-corrected chi connectivity index (χ3v) is 2.36. The molecule has 0 fully saturated rings. The lowest BCUT2D eigenvalue weighted by molar-refractivity contribution is 0.0350. The van der Waals surface area contributed by atoms with Crippen molar-refractivity contribution in [3.05, 3.63) is 53.9 Å². The monoisotopic (exact) mass is 280 g/mol. The zero-order valence-electron chi connectivity index (χ0n) is 10.1. The molecule has 1 aromatic heterocycles. The van der Waals surface area contributed by atoms with Crippen LogP contribution in [0.4, 0.5) is 8.78 Å². The Morgan fingerprint density at radius 2 is 2.00 bits per heavy atom. The highest BCUT2D eigenvalue weighted by Crippen LogP contribution is 2.13. The predicted molar refractivity (Wildman–Crippen MR) is 66.1 cm³/mol. The van der Waals surface area contributed by atoms with Crippen molar-refractivity contribution in [1.82, 2.24) is 9.78 Å². The molecule has 20 heavy (non-hydrogen) atoms. The van der Waals surface area contributed by atoms with E-state index in [1.54, 1.807) is 30.3 Å². The van der Waals surface area contributed by atoms with Gasteiger partial charge in [-0.1, -0.05) is 35.5 Å². The molecule has 8 heteroatoms. The van der Waals surface area contributed by atoms with Crippen molar-refractivity contribution in [2.24, 2.45) is 10.9 Å². The van der Waals surface area contributed by atoms with Crippen molar-refractivity contribution in [3.63, 3.8) is 0 Å². The van der Waals surface area contributed by atoms with Crippen LogP contribution in [-0.4, -0.2) is 21.6 Å². The van der Waals surface area contributed by atoms with E-state index in [2.05, 4.69) is 15.1 Å². The molecule has 104 valence electrons. The van der Waals surface area contributed by atoms with E-state index in [9.17, 15) is 13.6 Å². The molecule has 0 bridgehead atoms. The molecular weight excluding hydrogens is 270 g/mol. The van der Waals surface area contributed by atoms with Crippen molar-refractivity contribution in [2.45, 2.75) is 6.55 Å². The molecule has 0 saturated heterocycles. The first-order valence-electron chi connectivity index (χ1n) is 5.51. The zero-order chi connectivity index (χ0) is 14.5. The lowest BCUT2D eigenvalue weighted by Gasteiger charge is -2.04. The standard InChI is InChI=1S/C12H10F2N4O2/c13-12(14)18-9(6-7-16-18)11(19)20-17-10(15)8-4-2-1-3-5-8/h1-7,12H,(H2,15,17). The SMILES string of the molecule is N/C(=N\OC(=O)c1ccnn1C(F)F)c1ccccc1. The third-order valence-electron chi connectivity index (χ3n) is 2.36. The van der Waals surface area contributed by atoms with Gasteiger partial charge in [-0.2, -0.15) is 18.6 Å². The molecule has 2 rings (SSSR count). The van der Waals surface area contributed by atoms with Crippen molar-refractivity contribution >= 4 is 11.8 Å². The van der Waals surface area contributed by atoms with Crippen LogP contribution in [-0.2, 0) is 4.84 Å². The smallest absolute Gasteiger partial charge is 0.380 e. The van der Waals surface area contributed by atoms with E-state index in [0.717, 1.165) is 12.3 Å². The first kappa shape index (κ1) is 13.7. The molecule has 0 atom stereocenters. The van der Waals surface area contributed by atoms with Crippen LogP contribution in [0.3, 0.4) is 0 Å². The largest absolute Gasteiger partial charge is 0.383 e. The van der Waals surface area contributed by atoms with Crippen molar-refractivity contribution in [3.8, 4) is 0 Å². The number of alkyl halides is 2. The molecule has 1 heterocycles. The molecular formula is C12H10F2N4O2. The highest BCUT2D eigenvalue weighted by atomic mass is 19.3. The molecule has 2 N–H and O–H groups in total. The van der Waals surface area contributed by atoms with Gasteiger partial charge in [-0.05, 0) is 6.07 Å². The van der Waals surface area contributed by atoms with E-state index in [1.807, 2.05) is 0 Å². The van der Waals surface area contributed by atoms with E-state index < -0.39 is 18.2 Å². The van der Waals surface area contributed by atoms with Crippen LogP contribution in [0.1, 0.15) is 22.6 Å². The summed E-state index contributed by atoms with van der Waals surface area (Å²) in [6.45, 7) is -2.94. The Labute approximate surface area is 112 Å². The Bertz CT molecular complexity index is 625. The summed E-state index contributed by atoms with van der Waals surface area (Å²) >= 11 is 0. The van der Waals surface area contributed by atoms with Gasteiger partial charge in [0.2, 0.25) is 0 Å². The van der Waals surface area contributed by atoms with Crippen molar-refractivity contribution < 1.29 is 18.4 Å². The summed E-state index contributed by atoms with van der Waals surface area (Å²) in [6.07, 6.45) is 1.06. The second-order valence-corrected chi connectivity index (χ2v) is 3.66. The number of aromatic nitrogens is 2. The van der Waals surface area contributed by atoms with Gasteiger partial charge in [0.05, 0.1) is 6.20 Å². The summed E-state index contributed by atoms with van der Waals surface area (Å²) in [6, 6.07) is 9.66. The first-order chi connectivity index (χ1) is 9.59. The summed E-state index contributed by atoms with van der Waals surface area (Å²) in [5, 5.41) is 6.72. The fourth-order valence-electron chi connectivity index (χ4n) is 1.43. The van der Waals surface area contributed by atoms with Gasteiger partial charge < -0.3 is 10.6 Å². The number of carbonyl (C=O) groups excluding carboxylic acids is 1. The van der Waals surface area contributed by atoms with Crippen LogP contribution < -0.4 is 5.73 Å². The van der Waals surface area contributed by atoms with Gasteiger partial charge in [-0.25, -0.2) is 4.79 Å². The highest BCUT2D eigenvalue weighted by Gasteiger charge is 2.19. The highest BCUT2D eigenvalue weighted by molar-refractivity contribution is 5.97. The second-order valence-electron chi connectivity index (χ2n) is 3.66. The molecule has 0 spiro atoms. The van der Waals surface area contributed by atoms with Crippen LogP contribution in [0.5, 0.6) is 0 Å².